The highest BCUT2D eigenvalue weighted by Gasteiger charge is 2.16. The molecular weight excluding hydrogens is 262 g/mol. The lowest BCUT2D eigenvalue weighted by molar-refractivity contribution is -0.113. The van der Waals surface area contributed by atoms with E-state index in [4.69, 9.17) is 11.6 Å². The van der Waals surface area contributed by atoms with E-state index in [2.05, 4.69) is 14.9 Å². The van der Waals surface area contributed by atoms with Crippen LogP contribution in [0.3, 0.4) is 0 Å². The van der Waals surface area contributed by atoms with E-state index in [0.717, 1.165) is 42.2 Å². The van der Waals surface area contributed by atoms with Crippen LogP contribution in [0.5, 0.6) is 0 Å². The minimum Gasteiger partial charge on any atom is -0.328 e. The van der Waals surface area contributed by atoms with E-state index in [0.29, 0.717) is 0 Å². The molecule has 19 heavy (non-hydrogen) atoms. The number of anilines is 1. The van der Waals surface area contributed by atoms with Crippen LogP contribution in [0.25, 0.3) is 11.3 Å². The molecule has 0 saturated heterocycles. The van der Waals surface area contributed by atoms with Crippen LogP contribution in [0.4, 0.5) is 5.69 Å². The predicted molar refractivity (Wildman–Crippen MR) is 75.3 cm³/mol. The van der Waals surface area contributed by atoms with E-state index in [9.17, 15) is 4.79 Å². The third-order valence-corrected chi connectivity index (χ3v) is 3.53. The molecule has 0 spiro atoms. The van der Waals surface area contributed by atoms with Crippen molar-refractivity contribution in [1.82, 2.24) is 9.55 Å². The Kier molecular flexibility index (Phi) is 3.25. The molecule has 2 heterocycles. The highest BCUT2D eigenvalue weighted by atomic mass is 35.5. The molecule has 1 aliphatic rings. The summed E-state index contributed by atoms with van der Waals surface area (Å²) >= 11 is 5.49. The van der Waals surface area contributed by atoms with Gasteiger partial charge in [-0.15, -0.1) is 11.6 Å². The molecule has 1 N–H and O–H groups in total. The first kappa shape index (κ1) is 12.2. The van der Waals surface area contributed by atoms with E-state index in [-0.39, 0.29) is 11.8 Å². The zero-order chi connectivity index (χ0) is 13.2. The fourth-order valence-corrected chi connectivity index (χ4v) is 2.51. The Morgan fingerprint density at radius 1 is 1.47 bits per heavy atom. The number of fused-ring (bicyclic) bond motifs is 1. The summed E-state index contributed by atoms with van der Waals surface area (Å²) in [6.07, 6.45) is 4.10. The first-order valence-electron chi connectivity index (χ1n) is 6.28. The summed E-state index contributed by atoms with van der Waals surface area (Å²) in [5.74, 6) is 0.911. The molecule has 0 atom stereocenters. The molecule has 0 unspecified atom stereocenters. The number of halogens is 1. The van der Waals surface area contributed by atoms with Crippen molar-refractivity contribution in [2.75, 3.05) is 11.2 Å². The second-order valence-corrected chi connectivity index (χ2v) is 4.84. The Labute approximate surface area is 116 Å². The van der Waals surface area contributed by atoms with Crippen LogP contribution in [0.15, 0.2) is 30.5 Å². The van der Waals surface area contributed by atoms with Gasteiger partial charge in [-0.3, -0.25) is 4.79 Å². The third kappa shape index (κ3) is 2.36. The molecule has 0 radical (unpaired) electrons. The fraction of sp³-hybridized carbons (Fsp3) is 0.286. The van der Waals surface area contributed by atoms with Crippen molar-refractivity contribution >= 4 is 23.2 Å². The largest absolute Gasteiger partial charge is 0.328 e. The summed E-state index contributed by atoms with van der Waals surface area (Å²) in [6.45, 7) is 1.02. The molecule has 0 fully saturated rings. The number of rotatable bonds is 3. The lowest BCUT2D eigenvalue weighted by atomic mass is 10.1. The average Bonchev–Trinajstić information content (AvgIpc) is 3.01. The topological polar surface area (TPSA) is 46.9 Å². The second kappa shape index (κ2) is 5.05. The molecule has 0 aliphatic carbocycles. The summed E-state index contributed by atoms with van der Waals surface area (Å²) in [5, 5.41) is 2.76. The number of imidazole rings is 1. The molecule has 5 heteroatoms. The molecule has 1 aromatic carbocycles. The van der Waals surface area contributed by atoms with E-state index >= 15 is 0 Å². The Bertz CT molecular complexity index is 621. The standard InChI is InChI=1S/C14H14ClN3O/c15-8-14(19)17-11-4-1-3-10(7-11)12-9-16-13-5-2-6-18(12)13/h1,3-4,7,9H,2,5-6,8H2,(H,17,19). The maximum atomic E-state index is 11.3. The van der Waals surface area contributed by atoms with Crippen molar-refractivity contribution in [3.63, 3.8) is 0 Å². The number of alkyl halides is 1. The van der Waals surface area contributed by atoms with Crippen LogP contribution in [0.2, 0.25) is 0 Å². The smallest absolute Gasteiger partial charge is 0.239 e. The number of carbonyl (C=O) groups is 1. The number of nitrogens with one attached hydrogen (secondary N) is 1. The van der Waals surface area contributed by atoms with Crippen LogP contribution >= 0.6 is 11.6 Å². The van der Waals surface area contributed by atoms with Gasteiger partial charge in [-0.2, -0.15) is 0 Å². The third-order valence-electron chi connectivity index (χ3n) is 3.28. The summed E-state index contributed by atoms with van der Waals surface area (Å²) in [5.41, 5.74) is 2.93. The van der Waals surface area contributed by atoms with Crippen molar-refractivity contribution in [2.24, 2.45) is 0 Å². The van der Waals surface area contributed by atoms with Crippen molar-refractivity contribution in [3.8, 4) is 11.3 Å². The number of hydrogen-bond acceptors (Lipinski definition) is 2. The van der Waals surface area contributed by atoms with Crippen LogP contribution in [0, 0.1) is 0 Å². The fourth-order valence-electron chi connectivity index (χ4n) is 2.44. The monoisotopic (exact) mass is 275 g/mol. The first-order chi connectivity index (χ1) is 9.28. The summed E-state index contributed by atoms with van der Waals surface area (Å²) < 4.78 is 2.24. The molecule has 0 saturated carbocycles. The summed E-state index contributed by atoms with van der Waals surface area (Å²) in [4.78, 5) is 15.7. The lowest BCUT2D eigenvalue weighted by Gasteiger charge is -2.08. The van der Waals surface area contributed by atoms with Crippen LogP contribution in [0.1, 0.15) is 12.2 Å². The van der Waals surface area contributed by atoms with Crippen molar-refractivity contribution in [3.05, 3.63) is 36.3 Å². The number of aryl methyl sites for hydroxylation is 1. The molecule has 1 amide bonds. The number of benzene rings is 1. The highest BCUT2D eigenvalue weighted by Crippen LogP contribution is 2.27. The SMILES string of the molecule is O=C(CCl)Nc1cccc(-c2cnc3n2CCC3)c1. The number of carbonyl (C=O) groups excluding carboxylic acids is 1. The number of amides is 1. The Morgan fingerprint density at radius 2 is 2.37 bits per heavy atom. The van der Waals surface area contributed by atoms with E-state index in [1.807, 2.05) is 30.5 Å². The Morgan fingerprint density at radius 3 is 3.21 bits per heavy atom. The van der Waals surface area contributed by atoms with Crippen LogP contribution < -0.4 is 5.32 Å². The molecule has 1 aromatic heterocycles. The Balaban J connectivity index is 1.92. The van der Waals surface area contributed by atoms with E-state index in [1.165, 1.54) is 0 Å². The number of hydrogen-bond donors (Lipinski definition) is 1. The average molecular weight is 276 g/mol. The second-order valence-electron chi connectivity index (χ2n) is 4.58. The van der Waals surface area contributed by atoms with Gasteiger partial charge in [0.25, 0.3) is 0 Å². The van der Waals surface area contributed by atoms with Gasteiger partial charge in [0.2, 0.25) is 5.91 Å². The van der Waals surface area contributed by atoms with Crippen molar-refractivity contribution < 1.29 is 4.79 Å². The van der Waals surface area contributed by atoms with Gasteiger partial charge in [0, 0.05) is 24.2 Å². The molecule has 2 aromatic rings. The van der Waals surface area contributed by atoms with E-state index < -0.39 is 0 Å². The number of nitrogens with zero attached hydrogens (tertiary/aromatic N) is 2. The Hall–Kier alpha value is -1.81. The zero-order valence-corrected chi connectivity index (χ0v) is 11.2. The van der Waals surface area contributed by atoms with Crippen LogP contribution in [-0.4, -0.2) is 21.3 Å². The van der Waals surface area contributed by atoms with Gasteiger partial charge < -0.3 is 9.88 Å². The molecular formula is C14H14ClN3O. The maximum absolute atomic E-state index is 11.3. The minimum atomic E-state index is -0.197. The zero-order valence-electron chi connectivity index (χ0n) is 10.4. The summed E-state index contributed by atoms with van der Waals surface area (Å²) in [6, 6.07) is 7.76. The van der Waals surface area contributed by atoms with Gasteiger partial charge in [0.1, 0.15) is 11.7 Å². The normalized spacial score (nSPS) is 13.3. The first-order valence-corrected chi connectivity index (χ1v) is 6.82. The van der Waals surface area contributed by atoms with E-state index in [1.54, 1.807) is 0 Å². The molecule has 0 bridgehead atoms. The highest BCUT2D eigenvalue weighted by molar-refractivity contribution is 6.29. The van der Waals surface area contributed by atoms with Crippen molar-refractivity contribution in [2.45, 2.75) is 19.4 Å². The van der Waals surface area contributed by atoms with Crippen LogP contribution in [-0.2, 0) is 17.8 Å². The van der Waals surface area contributed by atoms with Crippen molar-refractivity contribution in [1.29, 1.82) is 0 Å². The quantitative estimate of drug-likeness (QED) is 0.876. The van der Waals surface area contributed by atoms with Gasteiger partial charge in [0.15, 0.2) is 0 Å². The summed E-state index contributed by atoms with van der Waals surface area (Å²) in [7, 11) is 0. The van der Waals surface area contributed by atoms with Gasteiger partial charge in [-0.1, -0.05) is 12.1 Å². The molecule has 1 aliphatic heterocycles. The molecule has 98 valence electrons. The van der Waals surface area contributed by atoms with Gasteiger partial charge in [-0.25, -0.2) is 4.98 Å². The predicted octanol–water partition coefficient (Wildman–Crippen LogP) is 2.67. The lowest BCUT2D eigenvalue weighted by Crippen LogP contribution is -2.12. The molecule has 4 nitrogen and oxygen atoms in total. The minimum absolute atomic E-state index is 0.0354. The molecule has 3 rings (SSSR count). The van der Waals surface area contributed by atoms with Gasteiger partial charge in [-0.05, 0) is 18.6 Å². The van der Waals surface area contributed by atoms with Gasteiger partial charge in [0.05, 0.1) is 11.9 Å². The number of aromatic nitrogens is 2. The van der Waals surface area contributed by atoms with Gasteiger partial charge >= 0.3 is 0 Å². The maximum Gasteiger partial charge on any atom is 0.239 e.